The van der Waals surface area contributed by atoms with E-state index in [1.807, 2.05) is 13.8 Å². The lowest BCUT2D eigenvalue weighted by atomic mass is 9.72. The average molecular weight is 169 g/mol. The molecule has 2 aliphatic carbocycles. The predicted octanol–water partition coefficient (Wildman–Crippen LogP) is 1.27. The largest absolute Gasteiger partial charge is 0.388 e. The minimum atomic E-state index is -0.573. The zero-order valence-electron chi connectivity index (χ0n) is 8.01. The van der Waals surface area contributed by atoms with E-state index in [-0.39, 0.29) is 0 Å². The van der Waals surface area contributed by atoms with Crippen LogP contribution in [0.2, 0.25) is 0 Å². The molecular weight excluding hydrogens is 150 g/mol. The number of rotatable bonds is 1. The Bertz CT molecular complexity index is 197. The van der Waals surface area contributed by atoms with Crippen LogP contribution in [-0.4, -0.2) is 16.2 Å². The van der Waals surface area contributed by atoms with Crippen LogP contribution < -0.4 is 5.73 Å². The summed E-state index contributed by atoms with van der Waals surface area (Å²) in [4.78, 5) is 0. The van der Waals surface area contributed by atoms with Crippen LogP contribution in [-0.2, 0) is 0 Å². The van der Waals surface area contributed by atoms with Crippen LogP contribution in [0.5, 0.6) is 0 Å². The second-order valence-corrected chi connectivity index (χ2v) is 5.23. The molecule has 70 valence electrons. The topological polar surface area (TPSA) is 46.2 Å². The maximum Gasteiger partial charge on any atom is 0.0851 e. The summed E-state index contributed by atoms with van der Waals surface area (Å²) in [6.45, 7) is 3.90. The molecule has 0 aromatic rings. The van der Waals surface area contributed by atoms with Crippen LogP contribution in [0.4, 0.5) is 0 Å². The molecule has 0 aliphatic heterocycles. The van der Waals surface area contributed by atoms with Crippen molar-refractivity contribution >= 4 is 0 Å². The van der Waals surface area contributed by atoms with Gasteiger partial charge in [0.25, 0.3) is 0 Å². The third kappa shape index (κ3) is 0.944. The van der Waals surface area contributed by atoms with E-state index in [0.29, 0.717) is 5.92 Å². The van der Waals surface area contributed by atoms with Gasteiger partial charge in [0.1, 0.15) is 0 Å². The zero-order valence-corrected chi connectivity index (χ0v) is 8.01. The van der Waals surface area contributed by atoms with Gasteiger partial charge in [0.05, 0.1) is 5.60 Å². The van der Waals surface area contributed by atoms with Crippen molar-refractivity contribution in [2.45, 2.75) is 50.7 Å². The lowest BCUT2D eigenvalue weighted by Crippen LogP contribution is -2.59. The van der Waals surface area contributed by atoms with Crippen molar-refractivity contribution in [2.75, 3.05) is 0 Å². The fourth-order valence-corrected chi connectivity index (χ4v) is 3.09. The van der Waals surface area contributed by atoms with Gasteiger partial charge >= 0.3 is 0 Å². The highest BCUT2D eigenvalue weighted by Crippen LogP contribution is 2.53. The first-order valence-corrected chi connectivity index (χ1v) is 4.95. The normalized spacial score (nSPS) is 47.0. The number of nitrogens with two attached hydrogens (primary N) is 1. The van der Waals surface area contributed by atoms with Gasteiger partial charge in [-0.3, -0.25) is 0 Å². The highest BCUT2D eigenvalue weighted by atomic mass is 16.3. The fourth-order valence-electron chi connectivity index (χ4n) is 3.09. The summed E-state index contributed by atoms with van der Waals surface area (Å²) in [6, 6.07) is 0. The Hall–Kier alpha value is -0.0800. The van der Waals surface area contributed by atoms with Gasteiger partial charge in [-0.05, 0) is 51.4 Å². The van der Waals surface area contributed by atoms with Gasteiger partial charge in [0, 0.05) is 5.54 Å². The molecule has 0 amide bonds. The lowest BCUT2D eigenvalue weighted by Gasteiger charge is -2.43. The SMILES string of the molecule is CC(C)(N)C1(O)CC2CCC1C2. The van der Waals surface area contributed by atoms with Gasteiger partial charge in [0.2, 0.25) is 0 Å². The molecule has 3 N–H and O–H groups in total. The first-order chi connectivity index (χ1) is 5.43. The average Bonchev–Trinajstić information content (AvgIpc) is 2.43. The number of aliphatic hydroxyl groups is 1. The Labute approximate surface area is 74.1 Å². The van der Waals surface area contributed by atoms with E-state index >= 15 is 0 Å². The Morgan fingerprint density at radius 3 is 2.33 bits per heavy atom. The molecule has 2 fully saturated rings. The Morgan fingerprint density at radius 2 is 2.08 bits per heavy atom. The van der Waals surface area contributed by atoms with Gasteiger partial charge in [0.15, 0.2) is 0 Å². The molecule has 0 spiro atoms. The van der Waals surface area contributed by atoms with Crippen LogP contribution in [0.1, 0.15) is 39.5 Å². The van der Waals surface area contributed by atoms with Crippen molar-refractivity contribution in [1.29, 1.82) is 0 Å². The third-order valence-electron chi connectivity index (χ3n) is 3.93. The Kier molecular flexibility index (Phi) is 1.59. The van der Waals surface area contributed by atoms with E-state index < -0.39 is 11.1 Å². The summed E-state index contributed by atoms with van der Waals surface area (Å²) in [7, 11) is 0. The summed E-state index contributed by atoms with van der Waals surface area (Å²) in [5.41, 5.74) is 5.01. The fraction of sp³-hybridized carbons (Fsp3) is 1.00. The summed E-state index contributed by atoms with van der Waals surface area (Å²) >= 11 is 0. The lowest BCUT2D eigenvalue weighted by molar-refractivity contribution is -0.0667. The summed E-state index contributed by atoms with van der Waals surface area (Å²) in [6.07, 6.45) is 4.63. The van der Waals surface area contributed by atoms with Crippen LogP contribution in [0.3, 0.4) is 0 Å². The molecule has 2 saturated carbocycles. The second kappa shape index (κ2) is 2.24. The number of fused-ring (bicyclic) bond motifs is 2. The molecule has 0 heterocycles. The monoisotopic (exact) mass is 169 g/mol. The predicted molar refractivity (Wildman–Crippen MR) is 48.7 cm³/mol. The molecule has 2 aliphatic rings. The van der Waals surface area contributed by atoms with Crippen molar-refractivity contribution < 1.29 is 5.11 Å². The van der Waals surface area contributed by atoms with E-state index in [2.05, 4.69) is 0 Å². The highest BCUT2D eigenvalue weighted by Gasteiger charge is 2.56. The molecule has 2 bridgehead atoms. The minimum Gasteiger partial charge on any atom is -0.388 e. The molecule has 2 heteroatoms. The molecule has 0 aromatic carbocycles. The van der Waals surface area contributed by atoms with Gasteiger partial charge in [-0.2, -0.15) is 0 Å². The summed E-state index contributed by atoms with van der Waals surface area (Å²) < 4.78 is 0. The van der Waals surface area contributed by atoms with Crippen molar-refractivity contribution in [3.63, 3.8) is 0 Å². The van der Waals surface area contributed by atoms with E-state index in [0.717, 1.165) is 12.3 Å². The number of hydrogen-bond acceptors (Lipinski definition) is 2. The van der Waals surface area contributed by atoms with E-state index in [9.17, 15) is 5.11 Å². The Morgan fingerprint density at radius 1 is 1.42 bits per heavy atom. The maximum atomic E-state index is 10.4. The van der Waals surface area contributed by atoms with E-state index in [1.165, 1.54) is 19.3 Å². The molecule has 12 heavy (non-hydrogen) atoms. The molecule has 0 saturated heterocycles. The van der Waals surface area contributed by atoms with Crippen molar-refractivity contribution in [3.8, 4) is 0 Å². The van der Waals surface area contributed by atoms with Crippen molar-refractivity contribution in [2.24, 2.45) is 17.6 Å². The quantitative estimate of drug-likeness (QED) is 0.621. The first-order valence-electron chi connectivity index (χ1n) is 4.95. The minimum absolute atomic E-state index is 0.424. The van der Waals surface area contributed by atoms with Crippen LogP contribution in [0.25, 0.3) is 0 Å². The van der Waals surface area contributed by atoms with Crippen molar-refractivity contribution in [3.05, 3.63) is 0 Å². The number of hydrogen-bond donors (Lipinski definition) is 2. The maximum absolute atomic E-state index is 10.4. The molecule has 3 unspecified atom stereocenters. The third-order valence-corrected chi connectivity index (χ3v) is 3.93. The van der Waals surface area contributed by atoms with Crippen LogP contribution in [0.15, 0.2) is 0 Å². The van der Waals surface area contributed by atoms with Gasteiger partial charge in [-0.1, -0.05) is 0 Å². The second-order valence-electron chi connectivity index (χ2n) is 5.23. The molecule has 3 atom stereocenters. The molecular formula is C10H19NO. The summed E-state index contributed by atoms with van der Waals surface area (Å²) in [5, 5.41) is 10.4. The van der Waals surface area contributed by atoms with Crippen molar-refractivity contribution in [1.82, 2.24) is 0 Å². The van der Waals surface area contributed by atoms with Gasteiger partial charge < -0.3 is 10.8 Å². The molecule has 0 radical (unpaired) electrons. The Balaban J connectivity index is 2.23. The molecule has 2 rings (SSSR count). The zero-order chi connectivity index (χ0) is 8.98. The molecule has 0 aromatic heterocycles. The van der Waals surface area contributed by atoms with E-state index in [4.69, 9.17) is 5.73 Å². The highest BCUT2D eigenvalue weighted by molar-refractivity contribution is 5.10. The van der Waals surface area contributed by atoms with Crippen LogP contribution >= 0.6 is 0 Å². The standard InChI is InChI=1S/C10H19NO/c1-9(2,11)10(12)6-7-3-4-8(10)5-7/h7-8,12H,3-6,11H2,1-2H3. The smallest absolute Gasteiger partial charge is 0.0851 e. The van der Waals surface area contributed by atoms with Gasteiger partial charge in [-0.15, -0.1) is 0 Å². The van der Waals surface area contributed by atoms with Crippen LogP contribution in [0, 0.1) is 11.8 Å². The first kappa shape index (κ1) is 8.52. The summed E-state index contributed by atoms with van der Waals surface area (Å²) in [5.74, 6) is 1.23. The van der Waals surface area contributed by atoms with E-state index in [1.54, 1.807) is 0 Å². The molecule has 2 nitrogen and oxygen atoms in total. The van der Waals surface area contributed by atoms with Gasteiger partial charge in [-0.25, -0.2) is 0 Å².